The summed E-state index contributed by atoms with van der Waals surface area (Å²) in [6, 6.07) is 16.3. The van der Waals surface area contributed by atoms with E-state index in [2.05, 4.69) is 27.9 Å². The molecule has 0 atom stereocenters. The zero-order valence-corrected chi connectivity index (χ0v) is 25.6. The van der Waals surface area contributed by atoms with Crippen LogP contribution < -0.4 is 19.5 Å². The quantitative estimate of drug-likeness (QED) is 0.100. The van der Waals surface area contributed by atoms with Gasteiger partial charge in [0, 0.05) is 17.8 Å². The number of nitrogens with zero attached hydrogens (tertiary/aromatic N) is 2. The van der Waals surface area contributed by atoms with Crippen LogP contribution in [0.2, 0.25) is 0 Å². The van der Waals surface area contributed by atoms with Gasteiger partial charge >= 0.3 is 0 Å². The number of rotatable bonds is 12. The molecule has 3 aromatic rings. The third kappa shape index (κ3) is 7.79. The van der Waals surface area contributed by atoms with E-state index in [1.165, 1.54) is 12.1 Å². The van der Waals surface area contributed by atoms with Crippen molar-refractivity contribution in [2.75, 3.05) is 25.1 Å². The summed E-state index contributed by atoms with van der Waals surface area (Å²) in [4.78, 5) is 49.7. The highest BCUT2D eigenvalue weighted by atomic mass is 127. The minimum absolute atomic E-state index is 0.00892. The van der Waals surface area contributed by atoms with Gasteiger partial charge in [0.15, 0.2) is 11.5 Å². The molecule has 0 aliphatic carbocycles. The SMILES string of the molecule is CCOc1ccc(NC(=O)CN2C(=O)S/C(=C/c3cc(I)c(OCc4ccc([N+](=O)[O-])cc4)c(OCC)c3)C2=O)cc1. The second-order valence-electron chi connectivity index (χ2n) is 8.75. The molecule has 13 heteroatoms. The fourth-order valence-corrected chi connectivity index (χ4v) is 5.50. The summed E-state index contributed by atoms with van der Waals surface area (Å²) in [6.45, 7) is 4.30. The van der Waals surface area contributed by atoms with E-state index in [-0.39, 0.29) is 17.2 Å². The van der Waals surface area contributed by atoms with Crippen molar-refractivity contribution in [2.24, 2.45) is 0 Å². The predicted octanol–water partition coefficient (Wildman–Crippen LogP) is 6.25. The van der Waals surface area contributed by atoms with Crippen LogP contribution in [-0.4, -0.2) is 46.6 Å². The lowest BCUT2D eigenvalue weighted by molar-refractivity contribution is -0.384. The number of halogens is 1. The lowest BCUT2D eigenvalue weighted by atomic mass is 10.1. The molecule has 0 aromatic heterocycles. The molecule has 1 fully saturated rings. The Morgan fingerprint density at radius 2 is 1.71 bits per heavy atom. The van der Waals surface area contributed by atoms with E-state index >= 15 is 0 Å². The van der Waals surface area contributed by atoms with Crippen molar-refractivity contribution < 1.29 is 33.5 Å². The standard InChI is InChI=1S/C29H26IN3O8S/c1-3-39-22-11-7-20(8-12-22)31-26(34)16-32-28(35)25(42-29(32)36)15-19-13-23(30)27(24(14-19)40-4-2)41-17-18-5-9-21(10-6-18)33(37)38/h5-15H,3-4,16-17H2,1-2H3,(H,31,34)/b25-15+. The molecule has 42 heavy (non-hydrogen) atoms. The minimum atomic E-state index is -0.571. The minimum Gasteiger partial charge on any atom is -0.494 e. The van der Waals surface area contributed by atoms with E-state index < -0.39 is 28.5 Å². The maximum Gasteiger partial charge on any atom is 0.294 e. The number of non-ortho nitro benzene ring substituents is 1. The number of imide groups is 1. The molecule has 0 unspecified atom stereocenters. The first-order valence-electron chi connectivity index (χ1n) is 12.8. The number of hydrogen-bond acceptors (Lipinski definition) is 9. The van der Waals surface area contributed by atoms with Crippen LogP contribution in [0.1, 0.15) is 25.0 Å². The van der Waals surface area contributed by atoms with E-state index in [1.807, 2.05) is 13.8 Å². The van der Waals surface area contributed by atoms with E-state index in [0.29, 0.717) is 45.3 Å². The van der Waals surface area contributed by atoms with Gasteiger partial charge in [-0.05, 0) is 114 Å². The Hall–Kier alpha value is -4.11. The van der Waals surface area contributed by atoms with E-state index in [4.69, 9.17) is 14.2 Å². The maximum atomic E-state index is 13.0. The Morgan fingerprint density at radius 1 is 1.02 bits per heavy atom. The summed E-state index contributed by atoms with van der Waals surface area (Å²) in [6.07, 6.45) is 1.57. The highest BCUT2D eigenvalue weighted by molar-refractivity contribution is 14.1. The van der Waals surface area contributed by atoms with Crippen molar-refractivity contribution in [1.82, 2.24) is 4.90 Å². The number of thioether (sulfide) groups is 1. The fraction of sp³-hybridized carbons (Fsp3) is 0.207. The molecule has 1 saturated heterocycles. The number of nitrogens with one attached hydrogen (secondary N) is 1. The molecular formula is C29H26IN3O8S. The summed E-state index contributed by atoms with van der Waals surface area (Å²) in [5.41, 5.74) is 1.85. The predicted molar refractivity (Wildman–Crippen MR) is 167 cm³/mol. The Bertz CT molecular complexity index is 1530. The van der Waals surface area contributed by atoms with Crippen LogP contribution in [0.4, 0.5) is 16.2 Å². The molecule has 0 saturated carbocycles. The zero-order valence-electron chi connectivity index (χ0n) is 22.6. The Balaban J connectivity index is 1.44. The number of carbonyl (C=O) groups excluding carboxylic acids is 3. The fourth-order valence-electron chi connectivity index (χ4n) is 3.88. The largest absolute Gasteiger partial charge is 0.494 e. The van der Waals surface area contributed by atoms with Crippen LogP contribution in [-0.2, 0) is 16.2 Å². The molecule has 1 aliphatic heterocycles. The van der Waals surface area contributed by atoms with E-state index in [0.717, 1.165) is 22.2 Å². The third-order valence-corrected chi connectivity index (χ3v) is 7.49. The lowest BCUT2D eigenvalue weighted by Crippen LogP contribution is -2.36. The van der Waals surface area contributed by atoms with E-state index in [1.54, 1.807) is 54.6 Å². The molecule has 3 amide bonds. The molecule has 1 heterocycles. The van der Waals surface area contributed by atoms with Crippen LogP contribution in [0.5, 0.6) is 17.2 Å². The van der Waals surface area contributed by atoms with Gasteiger partial charge in [0.2, 0.25) is 5.91 Å². The van der Waals surface area contributed by atoms with Crippen LogP contribution in [0, 0.1) is 13.7 Å². The highest BCUT2D eigenvalue weighted by Gasteiger charge is 2.36. The van der Waals surface area contributed by atoms with Gasteiger partial charge in [0.1, 0.15) is 18.9 Å². The number of ether oxygens (including phenoxy) is 3. The highest BCUT2D eigenvalue weighted by Crippen LogP contribution is 2.38. The van der Waals surface area contributed by atoms with E-state index in [9.17, 15) is 24.5 Å². The van der Waals surface area contributed by atoms with Gasteiger partial charge in [-0.3, -0.25) is 29.4 Å². The third-order valence-electron chi connectivity index (χ3n) is 5.78. The number of anilines is 1. The van der Waals surface area contributed by atoms with Gasteiger partial charge in [-0.1, -0.05) is 0 Å². The first-order valence-corrected chi connectivity index (χ1v) is 14.7. The number of carbonyl (C=O) groups is 3. The first kappa shape index (κ1) is 30.8. The Morgan fingerprint density at radius 3 is 2.36 bits per heavy atom. The number of benzene rings is 3. The van der Waals surface area contributed by atoms with Gasteiger partial charge in [-0.25, -0.2) is 0 Å². The molecule has 0 radical (unpaired) electrons. The van der Waals surface area contributed by atoms with Crippen molar-refractivity contribution in [3.05, 3.63) is 90.4 Å². The normalized spacial score (nSPS) is 13.8. The maximum absolute atomic E-state index is 13.0. The second-order valence-corrected chi connectivity index (χ2v) is 10.9. The van der Waals surface area contributed by atoms with Gasteiger partial charge in [0.05, 0.1) is 26.6 Å². The average molecular weight is 704 g/mol. The Kier molecular flexibility index (Phi) is 10.4. The van der Waals surface area contributed by atoms with Crippen LogP contribution >= 0.6 is 34.4 Å². The summed E-state index contributed by atoms with van der Waals surface area (Å²) in [5, 5.41) is 13.0. The molecule has 0 bridgehead atoms. The summed E-state index contributed by atoms with van der Waals surface area (Å²) >= 11 is 2.84. The average Bonchev–Trinajstić information content (AvgIpc) is 3.21. The van der Waals surface area contributed by atoms with Crippen molar-refractivity contribution >= 4 is 68.9 Å². The summed E-state index contributed by atoms with van der Waals surface area (Å²) in [7, 11) is 0. The number of amides is 3. The van der Waals surface area contributed by atoms with Crippen LogP contribution in [0.3, 0.4) is 0 Å². The van der Waals surface area contributed by atoms with Crippen molar-refractivity contribution in [2.45, 2.75) is 20.5 Å². The molecule has 0 spiro atoms. The van der Waals surface area contributed by atoms with Crippen molar-refractivity contribution in [3.8, 4) is 17.2 Å². The number of nitro benzene ring substituents is 1. The van der Waals surface area contributed by atoms with Gasteiger partial charge < -0.3 is 19.5 Å². The molecule has 11 nitrogen and oxygen atoms in total. The summed E-state index contributed by atoms with van der Waals surface area (Å²) in [5.74, 6) is 0.500. The molecular weight excluding hydrogens is 677 g/mol. The monoisotopic (exact) mass is 703 g/mol. The first-order chi connectivity index (χ1) is 20.2. The molecule has 1 aliphatic rings. The zero-order chi connectivity index (χ0) is 30.2. The molecule has 218 valence electrons. The number of nitro groups is 1. The smallest absolute Gasteiger partial charge is 0.294 e. The van der Waals surface area contributed by atoms with Crippen LogP contribution in [0.25, 0.3) is 6.08 Å². The molecule has 3 aromatic carbocycles. The topological polar surface area (TPSA) is 137 Å². The van der Waals surface area contributed by atoms with Crippen LogP contribution in [0.15, 0.2) is 65.6 Å². The van der Waals surface area contributed by atoms with Gasteiger partial charge in [-0.2, -0.15) is 0 Å². The molecule has 4 rings (SSSR count). The van der Waals surface area contributed by atoms with Crippen molar-refractivity contribution in [3.63, 3.8) is 0 Å². The molecule has 1 N–H and O–H groups in total. The summed E-state index contributed by atoms with van der Waals surface area (Å²) < 4.78 is 17.9. The van der Waals surface area contributed by atoms with Gasteiger partial charge in [0.25, 0.3) is 16.8 Å². The number of hydrogen-bond donors (Lipinski definition) is 1. The Labute approximate surface area is 259 Å². The van der Waals surface area contributed by atoms with Gasteiger partial charge in [-0.15, -0.1) is 0 Å². The van der Waals surface area contributed by atoms with Crippen molar-refractivity contribution in [1.29, 1.82) is 0 Å². The second kappa shape index (κ2) is 14.2. The lowest BCUT2D eigenvalue weighted by Gasteiger charge is -2.15.